The van der Waals surface area contributed by atoms with Gasteiger partial charge in [-0.2, -0.15) is 0 Å². The van der Waals surface area contributed by atoms with Gasteiger partial charge in [-0.3, -0.25) is 4.99 Å². The minimum absolute atomic E-state index is 1.11. The van der Waals surface area contributed by atoms with Crippen LogP contribution in [0.3, 0.4) is 0 Å². The van der Waals surface area contributed by atoms with E-state index in [2.05, 4.69) is 23.7 Å². The molecule has 0 unspecified atom stereocenters. The molecule has 11 heavy (non-hydrogen) atoms. The molecule has 0 aliphatic heterocycles. The highest BCUT2D eigenvalue weighted by atomic mass is 15.1. The molecule has 0 bridgehead atoms. The largest absolute Gasteiger partial charge is 0.381 e. The second-order valence-electron chi connectivity index (χ2n) is 2.91. The zero-order valence-electron chi connectivity index (χ0n) is 8.39. The predicted molar refractivity (Wildman–Crippen MR) is 51.1 cm³/mol. The highest BCUT2D eigenvalue weighted by Gasteiger charge is 2.00. The monoisotopic (exact) mass is 154 g/mol. The second-order valence-corrected chi connectivity index (χ2v) is 2.91. The molecule has 64 valence electrons. The molecule has 0 aromatic heterocycles. The molecular weight excluding hydrogens is 136 g/mol. The normalized spacial score (nSPS) is 14.5. The SMILES string of the molecule is CN=C(C)/C(C)=C(/C)N(C)C. The van der Waals surface area contributed by atoms with Gasteiger partial charge in [-0.15, -0.1) is 0 Å². The van der Waals surface area contributed by atoms with Gasteiger partial charge in [0.15, 0.2) is 0 Å². The lowest BCUT2D eigenvalue weighted by Gasteiger charge is -2.16. The van der Waals surface area contributed by atoms with Crippen LogP contribution in [0.1, 0.15) is 20.8 Å². The average Bonchev–Trinajstić information content (AvgIpc) is 2.00. The molecule has 0 N–H and O–H groups in total. The van der Waals surface area contributed by atoms with Gasteiger partial charge in [-0.1, -0.05) is 0 Å². The highest BCUT2D eigenvalue weighted by molar-refractivity contribution is 5.98. The fourth-order valence-corrected chi connectivity index (χ4v) is 0.765. The lowest BCUT2D eigenvalue weighted by Crippen LogP contribution is -2.12. The molecule has 0 fully saturated rings. The van der Waals surface area contributed by atoms with E-state index in [-0.39, 0.29) is 0 Å². The Bertz CT molecular complexity index is 188. The molecule has 0 amide bonds. The molecule has 0 atom stereocenters. The Morgan fingerprint density at radius 2 is 1.55 bits per heavy atom. The van der Waals surface area contributed by atoms with Crippen molar-refractivity contribution in [3.63, 3.8) is 0 Å². The Labute approximate surface area is 69.6 Å². The van der Waals surface area contributed by atoms with Gasteiger partial charge in [0, 0.05) is 32.6 Å². The van der Waals surface area contributed by atoms with Crippen LogP contribution >= 0.6 is 0 Å². The summed E-state index contributed by atoms with van der Waals surface area (Å²) < 4.78 is 0. The van der Waals surface area contributed by atoms with Gasteiger partial charge in [0.1, 0.15) is 0 Å². The molecule has 2 nitrogen and oxygen atoms in total. The molecule has 0 radical (unpaired) electrons. The van der Waals surface area contributed by atoms with Gasteiger partial charge in [0.2, 0.25) is 0 Å². The van der Waals surface area contributed by atoms with Crippen molar-refractivity contribution in [3.05, 3.63) is 11.3 Å². The fraction of sp³-hybridized carbons (Fsp3) is 0.667. The summed E-state index contributed by atoms with van der Waals surface area (Å²) in [5, 5.41) is 0. The minimum Gasteiger partial charge on any atom is -0.381 e. The summed E-state index contributed by atoms with van der Waals surface area (Å²) in [5.74, 6) is 0. The first-order valence-electron chi connectivity index (χ1n) is 3.79. The lowest BCUT2D eigenvalue weighted by atomic mass is 10.1. The van der Waals surface area contributed by atoms with Gasteiger partial charge < -0.3 is 4.90 Å². The summed E-state index contributed by atoms with van der Waals surface area (Å²) in [6.07, 6.45) is 0. The van der Waals surface area contributed by atoms with Gasteiger partial charge in [0.05, 0.1) is 0 Å². The Hall–Kier alpha value is -0.790. The van der Waals surface area contributed by atoms with E-state index in [1.165, 1.54) is 11.3 Å². The minimum atomic E-state index is 1.11. The molecule has 0 saturated heterocycles. The maximum Gasteiger partial charge on any atom is 0.0360 e. The maximum atomic E-state index is 4.12. The Morgan fingerprint density at radius 3 is 1.82 bits per heavy atom. The van der Waals surface area contributed by atoms with Crippen LogP contribution in [0.15, 0.2) is 16.3 Å². The summed E-state index contributed by atoms with van der Waals surface area (Å²) in [7, 11) is 5.91. The number of aliphatic imine (C=N–C) groups is 1. The van der Waals surface area contributed by atoms with Crippen LogP contribution in [0.4, 0.5) is 0 Å². The summed E-state index contributed by atoms with van der Waals surface area (Å²) in [5.41, 5.74) is 3.64. The standard InChI is InChI=1S/C9H18N2/c1-7(8(2)10-4)9(3)11(5)6/h1-6H3/b9-7-,10-8?. The van der Waals surface area contributed by atoms with Crippen LogP contribution in [0.2, 0.25) is 0 Å². The van der Waals surface area contributed by atoms with E-state index in [1.807, 2.05) is 28.1 Å². The Balaban J connectivity index is 4.67. The van der Waals surface area contributed by atoms with Gasteiger partial charge >= 0.3 is 0 Å². The van der Waals surface area contributed by atoms with E-state index < -0.39 is 0 Å². The van der Waals surface area contributed by atoms with E-state index in [0.29, 0.717) is 0 Å². The van der Waals surface area contributed by atoms with Crippen molar-refractivity contribution in [2.75, 3.05) is 21.1 Å². The third-order valence-electron chi connectivity index (χ3n) is 2.09. The number of allylic oxidation sites excluding steroid dienone is 2. The predicted octanol–water partition coefficient (Wildman–Crippen LogP) is 1.93. The quantitative estimate of drug-likeness (QED) is 0.555. The van der Waals surface area contributed by atoms with Crippen molar-refractivity contribution in [2.24, 2.45) is 4.99 Å². The average molecular weight is 154 g/mol. The van der Waals surface area contributed by atoms with Crippen molar-refractivity contribution < 1.29 is 0 Å². The zero-order chi connectivity index (χ0) is 9.02. The molecular formula is C9H18N2. The number of hydrogen-bond donors (Lipinski definition) is 0. The molecule has 2 heteroatoms. The third-order valence-corrected chi connectivity index (χ3v) is 2.09. The van der Waals surface area contributed by atoms with E-state index in [1.54, 1.807) is 0 Å². The lowest BCUT2D eigenvalue weighted by molar-refractivity contribution is 0.510. The molecule has 0 aromatic rings. The van der Waals surface area contributed by atoms with E-state index >= 15 is 0 Å². The van der Waals surface area contributed by atoms with Crippen molar-refractivity contribution in [3.8, 4) is 0 Å². The van der Waals surface area contributed by atoms with Crippen molar-refractivity contribution in [2.45, 2.75) is 20.8 Å². The first-order chi connectivity index (χ1) is 5.00. The van der Waals surface area contributed by atoms with Crippen LogP contribution in [-0.4, -0.2) is 31.8 Å². The second kappa shape index (κ2) is 4.16. The van der Waals surface area contributed by atoms with Crippen molar-refractivity contribution in [1.29, 1.82) is 0 Å². The first kappa shape index (κ1) is 10.2. The topological polar surface area (TPSA) is 15.6 Å². The molecule has 0 saturated carbocycles. The number of hydrogen-bond acceptors (Lipinski definition) is 2. The molecule has 0 rings (SSSR count). The number of rotatable bonds is 2. The van der Waals surface area contributed by atoms with Crippen LogP contribution < -0.4 is 0 Å². The van der Waals surface area contributed by atoms with Gasteiger partial charge in [-0.25, -0.2) is 0 Å². The third kappa shape index (κ3) is 2.74. The summed E-state index contributed by atoms with van der Waals surface area (Å²) in [6, 6.07) is 0. The van der Waals surface area contributed by atoms with Crippen molar-refractivity contribution >= 4 is 5.71 Å². The maximum absolute atomic E-state index is 4.12. The van der Waals surface area contributed by atoms with Gasteiger partial charge in [-0.05, 0) is 26.3 Å². The molecule has 0 aromatic carbocycles. The van der Waals surface area contributed by atoms with E-state index in [9.17, 15) is 0 Å². The molecule has 0 spiro atoms. The highest BCUT2D eigenvalue weighted by Crippen LogP contribution is 2.07. The summed E-state index contributed by atoms with van der Waals surface area (Å²) >= 11 is 0. The van der Waals surface area contributed by atoms with Gasteiger partial charge in [0.25, 0.3) is 0 Å². The number of nitrogens with zero attached hydrogens (tertiary/aromatic N) is 2. The van der Waals surface area contributed by atoms with Crippen LogP contribution in [0.25, 0.3) is 0 Å². The Kier molecular flexibility index (Phi) is 3.86. The molecule has 0 aliphatic rings. The van der Waals surface area contributed by atoms with Crippen LogP contribution in [0, 0.1) is 0 Å². The zero-order valence-corrected chi connectivity index (χ0v) is 8.39. The first-order valence-corrected chi connectivity index (χ1v) is 3.79. The fourth-order valence-electron chi connectivity index (χ4n) is 0.765. The summed E-state index contributed by atoms with van der Waals surface area (Å²) in [6.45, 7) is 6.23. The molecule has 0 heterocycles. The van der Waals surface area contributed by atoms with Crippen LogP contribution in [-0.2, 0) is 0 Å². The summed E-state index contributed by atoms with van der Waals surface area (Å²) in [4.78, 5) is 6.23. The smallest absolute Gasteiger partial charge is 0.0360 e. The molecule has 0 aliphatic carbocycles. The van der Waals surface area contributed by atoms with Crippen molar-refractivity contribution in [1.82, 2.24) is 4.90 Å². The van der Waals surface area contributed by atoms with E-state index in [4.69, 9.17) is 0 Å². The van der Waals surface area contributed by atoms with E-state index in [0.717, 1.165) is 5.71 Å². The van der Waals surface area contributed by atoms with Crippen LogP contribution in [0.5, 0.6) is 0 Å². The Morgan fingerprint density at radius 1 is 1.09 bits per heavy atom.